The third kappa shape index (κ3) is 5.67. The van der Waals surface area contributed by atoms with Crippen molar-refractivity contribution in [2.24, 2.45) is 0 Å². The van der Waals surface area contributed by atoms with Gasteiger partial charge in [-0.15, -0.1) is 0 Å². The second kappa shape index (κ2) is 9.68. The number of aliphatic hydroxyl groups excluding tert-OH is 1. The van der Waals surface area contributed by atoms with Crippen LogP contribution in [0.3, 0.4) is 0 Å². The fraction of sp³-hybridized carbons (Fsp3) is 0.190. The second-order valence-corrected chi connectivity index (χ2v) is 6.03. The van der Waals surface area contributed by atoms with Crippen LogP contribution in [0.5, 0.6) is 5.75 Å². The van der Waals surface area contributed by atoms with Crippen LogP contribution in [0.2, 0.25) is 0 Å². The van der Waals surface area contributed by atoms with Crippen molar-refractivity contribution in [3.63, 3.8) is 0 Å². The van der Waals surface area contributed by atoms with Crippen molar-refractivity contribution in [2.45, 2.75) is 12.7 Å². The summed E-state index contributed by atoms with van der Waals surface area (Å²) in [6.07, 6.45) is 0.571. The van der Waals surface area contributed by atoms with Crippen LogP contribution in [0, 0.1) is 5.82 Å². The Bertz CT molecular complexity index is 880. The summed E-state index contributed by atoms with van der Waals surface area (Å²) in [6, 6.07) is 16.2. The number of halogens is 1. The van der Waals surface area contributed by atoms with Crippen molar-refractivity contribution < 1.29 is 28.2 Å². The Balaban J connectivity index is 1.39. The third-order valence-corrected chi connectivity index (χ3v) is 3.83. The molecule has 3 aromatic rings. The number of anilines is 1. The minimum absolute atomic E-state index is 0.0195. The van der Waals surface area contributed by atoms with Crippen LogP contribution in [0.1, 0.15) is 16.1 Å². The summed E-state index contributed by atoms with van der Waals surface area (Å²) < 4.78 is 29.3. The molecular weight excluding hydrogens is 365 g/mol. The first kappa shape index (κ1) is 19.6. The van der Waals surface area contributed by atoms with E-state index in [1.807, 2.05) is 0 Å². The van der Waals surface area contributed by atoms with Gasteiger partial charge in [0.05, 0.1) is 19.5 Å². The smallest absolute Gasteiger partial charge is 0.291 e. The molecule has 0 aliphatic carbocycles. The lowest BCUT2D eigenvalue weighted by Crippen LogP contribution is -2.23. The zero-order valence-corrected chi connectivity index (χ0v) is 15.0. The molecule has 0 aliphatic heterocycles. The summed E-state index contributed by atoms with van der Waals surface area (Å²) in [6.45, 7) is 0.120. The predicted octanol–water partition coefficient (Wildman–Crippen LogP) is 3.63. The Kier molecular flexibility index (Phi) is 6.78. The topological polar surface area (TPSA) is 80.9 Å². The number of ether oxygens (including phenoxy) is 2. The Labute approximate surface area is 161 Å². The van der Waals surface area contributed by atoms with E-state index in [2.05, 4.69) is 5.32 Å². The van der Waals surface area contributed by atoms with Gasteiger partial charge in [0.25, 0.3) is 5.91 Å². The van der Waals surface area contributed by atoms with Gasteiger partial charge in [-0.2, -0.15) is 0 Å². The molecule has 0 aliphatic rings. The van der Waals surface area contributed by atoms with E-state index >= 15 is 0 Å². The fourth-order valence-corrected chi connectivity index (χ4v) is 2.40. The zero-order valence-electron chi connectivity index (χ0n) is 15.0. The summed E-state index contributed by atoms with van der Waals surface area (Å²) in [5, 5.41) is 12.6. The monoisotopic (exact) mass is 385 g/mol. The first-order valence-electron chi connectivity index (χ1n) is 8.69. The zero-order chi connectivity index (χ0) is 19.8. The highest BCUT2D eigenvalue weighted by Gasteiger charge is 2.10. The average Bonchev–Trinajstić information content (AvgIpc) is 3.24. The average molecular weight is 385 g/mol. The molecule has 3 rings (SSSR count). The van der Waals surface area contributed by atoms with Crippen LogP contribution in [0.15, 0.2) is 71.3 Å². The van der Waals surface area contributed by atoms with Crippen LogP contribution in [-0.2, 0) is 11.3 Å². The normalized spacial score (nSPS) is 11.8. The van der Waals surface area contributed by atoms with Crippen molar-refractivity contribution in [3.8, 4) is 5.75 Å². The van der Waals surface area contributed by atoms with Crippen LogP contribution in [-0.4, -0.2) is 30.3 Å². The molecule has 0 saturated heterocycles. The van der Waals surface area contributed by atoms with Crippen LogP contribution in [0.4, 0.5) is 10.1 Å². The van der Waals surface area contributed by atoms with Crippen molar-refractivity contribution in [1.29, 1.82) is 0 Å². The van der Waals surface area contributed by atoms with Gasteiger partial charge in [0.15, 0.2) is 5.76 Å². The number of amides is 1. The van der Waals surface area contributed by atoms with Crippen molar-refractivity contribution in [3.05, 3.63) is 84.1 Å². The molecule has 0 fully saturated rings. The molecule has 2 aromatic carbocycles. The molecule has 0 radical (unpaired) electrons. The lowest BCUT2D eigenvalue weighted by atomic mass is 10.2. The minimum Gasteiger partial charge on any atom is -0.491 e. The summed E-state index contributed by atoms with van der Waals surface area (Å²) in [4.78, 5) is 11.9. The molecule has 1 amide bonds. The maximum Gasteiger partial charge on any atom is 0.291 e. The lowest BCUT2D eigenvalue weighted by Gasteiger charge is -2.13. The van der Waals surface area contributed by atoms with E-state index in [4.69, 9.17) is 13.9 Å². The summed E-state index contributed by atoms with van der Waals surface area (Å²) in [5.74, 6) is 0.0662. The Morgan fingerprint density at radius 1 is 1.07 bits per heavy atom. The molecule has 1 heterocycles. The molecule has 146 valence electrons. The van der Waals surface area contributed by atoms with Crippen molar-refractivity contribution in [2.75, 3.05) is 18.5 Å². The number of aliphatic hydroxyl groups is 1. The van der Waals surface area contributed by atoms with Gasteiger partial charge in [-0.3, -0.25) is 4.79 Å². The Morgan fingerprint density at radius 2 is 1.86 bits per heavy atom. The molecular formula is C21H20FNO5. The highest BCUT2D eigenvalue weighted by molar-refractivity contribution is 6.02. The Hall–Kier alpha value is -3.16. The van der Waals surface area contributed by atoms with Gasteiger partial charge in [0, 0.05) is 11.3 Å². The van der Waals surface area contributed by atoms with Gasteiger partial charge in [-0.1, -0.05) is 18.2 Å². The standard InChI is InChI=1S/C21H20FNO5/c22-19-5-2-1-4-15(19)12-26-13-17(24)14-28-18-9-7-16(8-10-18)23-21(25)20-6-3-11-27-20/h1-11,17,24H,12-14H2,(H,23,25)/t17-/m1/s1. The number of nitrogens with one attached hydrogen (secondary N) is 1. The van der Waals surface area contributed by atoms with E-state index in [1.54, 1.807) is 54.6 Å². The van der Waals surface area contributed by atoms with Crippen LogP contribution in [0.25, 0.3) is 0 Å². The number of carbonyl (C=O) groups excluding carboxylic acids is 1. The number of furan rings is 1. The third-order valence-electron chi connectivity index (χ3n) is 3.83. The van der Waals surface area contributed by atoms with E-state index in [9.17, 15) is 14.3 Å². The van der Waals surface area contributed by atoms with Crippen LogP contribution < -0.4 is 10.1 Å². The largest absolute Gasteiger partial charge is 0.491 e. The number of benzene rings is 2. The molecule has 1 aromatic heterocycles. The number of carbonyl (C=O) groups is 1. The quantitative estimate of drug-likeness (QED) is 0.588. The number of hydrogen-bond acceptors (Lipinski definition) is 5. The molecule has 7 heteroatoms. The van der Waals surface area contributed by atoms with Crippen molar-refractivity contribution >= 4 is 11.6 Å². The van der Waals surface area contributed by atoms with E-state index in [-0.39, 0.29) is 37.3 Å². The molecule has 6 nitrogen and oxygen atoms in total. The van der Waals surface area contributed by atoms with Gasteiger partial charge < -0.3 is 24.3 Å². The molecule has 0 unspecified atom stereocenters. The van der Waals surface area contributed by atoms with E-state index in [0.717, 1.165) is 0 Å². The molecule has 1 atom stereocenters. The van der Waals surface area contributed by atoms with Crippen molar-refractivity contribution in [1.82, 2.24) is 0 Å². The van der Waals surface area contributed by atoms with E-state index < -0.39 is 6.10 Å². The van der Waals surface area contributed by atoms with Gasteiger partial charge in [-0.05, 0) is 42.5 Å². The lowest BCUT2D eigenvalue weighted by molar-refractivity contribution is 0.00477. The van der Waals surface area contributed by atoms with Crippen LogP contribution >= 0.6 is 0 Å². The van der Waals surface area contributed by atoms with E-state index in [1.165, 1.54) is 12.3 Å². The van der Waals surface area contributed by atoms with Gasteiger partial charge in [0.1, 0.15) is 24.3 Å². The van der Waals surface area contributed by atoms with E-state index in [0.29, 0.717) is 17.0 Å². The highest BCUT2D eigenvalue weighted by atomic mass is 19.1. The highest BCUT2D eigenvalue weighted by Crippen LogP contribution is 2.17. The fourth-order valence-electron chi connectivity index (χ4n) is 2.40. The molecule has 28 heavy (non-hydrogen) atoms. The number of rotatable bonds is 9. The number of hydrogen-bond donors (Lipinski definition) is 2. The summed E-state index contributed by atoms with van der Waals surface area (Å²) in [7, 11) is 0. The minimum atomic E-state index is -0.856. The van der Waals surface area contributed by atoms with Gasteiger partial charge in [-0.25, -0.2) is 4.39 Å². The van der Waals surface area contributed by atoms with Gasteiger partial charge in [0.2, 0.25) is 0 Å². The summed E-state index contributed by atoms with van der Waals surface area (Å²) in [5.41, 5.74) is 1.02. The van der Waals surface area contributed by atoms with Gasteiger partial charge >= 0.3 is 0 Å². The second-order valence-electron chi connectivity index (χ2n) is 6.03. The Morgan fingerprint density at radius 3 is 2.57 bits per heavy atom. The maximum absolute atomic E-state index is 13.5. The first-order valence-corrected chi connectivity index (χ1v) is 8.69. The maximum atomic E-state index is 13.5. The SMILES string of the molecule is O=C(Nc1ccc(OC[C@H](O)COCc2ccccc2F)cc1)c1ccco1. The first-order chi connectivity index (χ1) is 13.6. The molecule has 2 N–H and O–H groups in total. The predicted molar refractivity (Wildman–Crippen MR) is 101 cm³/mol. The summed E-state index contributed by atoms with van der Waals surface area (Å²) >= 11 is 0. The molecule has 0 spiro atoms. The molecule has 0 saturated carbocycles. The molecule has 0 bridgehead atoms.